The zero-order valence-electron chi connectivity index (χ0n) is 37.1. The number of aryl methyl sites for hydroxylation is 1. The molecule has 0 bridgehead atoms. The van der Waals surface area contributed by atoms with Crippen molar-refractivity contribution < 1.29 is 14.4 Å². The Hall–Kier alpha value is -6.42. The summed E-state index contributed by atoms with van der Waals surface area (Å²) >= 11 is 0. The normalized spacial score (nSPS) is 17.7. The summed E-state index contributed by atoms with van der Waals surface area (Å²) in [6.45, 7) is 17.9. The van der Waals surface area contributed by atoms with Gasteiger partial charge in [0.05, 0.1) is 59.3 Å². The van der Waals surface area contributed by atoms with Crippen LogP contribution in [-0.4, -0.2) is 101 Å². The van der Waals surface area contributed by atoms with Gasteiger partial charge in [-0.1, -0.05) is 17.3 Å². The minimum Gasteiger partial charge on any atom is -0.372 e. The third-order valence-electron chi connectivity index (χ3n) is 13.1. The molecular weight excluding hydrogens is 795 g/mol. The first-order valence-electron chi connectivity index (χ1n) is 22.2. The van der Waals surface area contributed by atoms with Crippen molar-refractivity contribution in [1.82, 2.24) is 54.9 Å². The zero-order chi connectivity index (χ0) is 44.0. The van der Waals surface area contributed by atoms with Crippen molar-refractivity contribution in [3.8, 4) is 22.5 Å². The Morgan fingerprint density at radius 1 is 0.905 bits per heavy atom. The van der Waals surface area contributed by atoms with Gasteiger partial charge in [-0.15, -0.1) is 5.10 Å². The summed E-state index contributed by atoms with van der Waals surface area (Å²) in [4.78, 5) is 48.9. The van der Waals surface area contributed by atoms with Gasteiger partial charge in [-0.25, -0.2) is 19.0 Å². The summed E-state index contributed by atoms with van der Waals surface area (Å²) in [6.07, 6.45) is 12.2. The molecule has 3 aliphatic rings. The first-order chi connectivity index (χ1) is 30.3. The highest BCUT2D eigenvalue weighted by Crippen LogP contribution is 2.34. The van der Waals surface area contributed by atoms with Gasteiger partial charge in [0.25, 0.3) is 5.91 Å². The molecule has 16 heteroatoms. The number of carbonyl (C=O) groups is 3. The number of benzene rings is 2. The number of imide groups is 1. The van der Waals surface area contributed by atoms with Crippen molar-refractivity contribution in [3.63, 3.8) is 0 Å². The van der Waals surface area contributed by atoms with Crippen molar-refractivity contribution in [2.75, 3.05) is 49.1 Å². The Kier molecular flexibility index (Phi) is 11.3. The summed E-state index contributed by atoms with van der Waals surface area (Å²) < 4.78 is 5.80. The summed E-state index contributed by atoms with van der Waals surface area (Å²) in [6, 6.07) is 16.1. The molecule has 3 saturated heterocycles. The molecule has 4 aromatic heterocycles. The lowest BCUT2D eigenvalue weighted by molar-refractivity contribution is -0.120. The minimum absolute atomic E-state index is 0.220. The Morgan fingerprint density at radius 3 is 2.35 bits per heavy atom. The molecule has 0 aliphatic carbocycles. The highest BCUT2D eigenvalue weighted by atomic mass is 16.2. The number of hydrogen-bond acceptors (Lipinski definition) is 10. The van der Waals surface area contributed by atoms with Gasteiger partial charge in [0, 0.05) is 73.9 Å². The Morgan fingerprint density at radius 2 is 1.65 bits per heavy atom. The highest BCUT2D eigenvalue weighted by Gasteiger charge is 2.29. The van der Waals surface area contributed by atoms with Gasteiger partial charge in [-0.2, -0.15) is 10.2 Å². The van der Waals surface area contributed by atoms with E-state index in [9.17, 15) is 14.4 Å². The Balaban J connectivity index is 0.808. The molecule has 7 heterocycles. The number of carbonyl (C=O) groups excluding carboxylic acids is 3. The number of aromatic nitrogens is 8. The molecule has 0 spiro atoms. The number of amides is 4. The van der Waals surface area contributed by atoms with Crippen LogP contribution in [0.1, 0.15) is 99.2 Å². The van der Waals surface area contributed by atoms with Crippen LogP contribution in [0.25, 0.3) is 28.0 Å². The molecule has 2 aromatic carbocycles. The van der Waals surface area contributed by atoms with Crippen LogP contribution in [-0.2, 0) is 10.3 Å². The summed E-state index contributed by atoms with van der Waals surface area (Å²) in [5.41, 5.74) is 9.70. The molecular formula is C47H57N13O3. The maximum Gasteiger partial charge on any atom is 0.328 e. The van der Waals surface area contributed by atoms with Gasteiger partial charge >= 0.3 is 6.03 Å². The second-order valence-corrected chi connectivity index (χ2v) is 18.4. The van der Waals surface area contributed by atoms with Crippen LogP contribution in [0.4, 0.5) is 16.2 Å². The number of rotatable bonds is 10. The smallest absolute Gasteiger partial charge is 0.328 e. The number of likely N-dealkylation sites (tertiary alicyclic amines) is 1. The van der Waals surface area contributed by atoms with Crippen molar-refractivity contribution in [2.45, 2.75) is 91.3 Å². The molecule has 4 amide bonds. The standard InChI is InChI=1S/C47H57N13O3/c1-30-25-34(7-12-38(30)31(2)50-45(62)41-29-59(54-53-41)47(4,5)6)44-42-13-19-48-58(42)28-40(51-44)39-26-49-60(32(39)3)37-16-20-55(21-17-37)27-33-14-22-56(23-15-33)35-8-10-36(11-9-35)57-24-18-43(61)52-46(57)63/h7-13,19,25-26,28-29,31,33,37H,14-18,20-24,27H2,1-6H3,(H,50,62)(H,52,61,63)/t31-/m1/s1. The van der Waals surface area contributed by atoms with E-state index in [-0.39, 0.29) is 35.1 Å². The number of hydrogen-bond donors (Lipinski definition) is 2. The number of urea groups is 1. The van der Waals surface area contributed by atoms with Gasteiger partial charge in [0.2, 0.25) is 5.91 Å². The summed E-state index contributed by atoms with van der Waals surface area (Å²) in [5.74, 6) is 0.183. The van der Waals surface area contributed by atoms with E-state index in [1.807, 2.05) is 62.8 Å². The molecule has 0 unspecified atom stereocenters. The van der Waals surface area contributed by atoms with E-state index in [4.69, 9.17) is 10.1 Å². The highest BCUT2D eigenvalue weighted by molar-refractivity contribution is 6.05. The second-order valence-electron chi connectivity index (χ2n) is 18.4. The fourth-order valence-electron chi connectivity index (χ4n) is 9.40. The largest absolute Gasteiger partial charge is 0.372 e. The lowest BCUT2D eigenvalue weighted by atomic mass is 9.94. The molecule has 6 aromatic rings. The minimum atomic E-state index is -0.352. The predicted octanol–water partition coefficient (Wildman–Crippen LogP) is 6.71. The predicted molar refractivity (Wildman–Crippen MR) is 242 cm³/mol. The fourth-order valence-corrected chi connectivity index (χ4v) is 9.40. The number of nitrogens with zero attached hydrogens (tertiary/aromatic N) is 11. The molecule has 2 N–H and O–H groups in total. The maximum absolute atomic E-state index is 13.1. The van der Waals surface area contributed by atoms with Crippen LogP contribution in [0, 0.1) is 19.8 Å². The number of piperidine rings is 2. The van der Waals surface area contributed by atoms with Crippen LogP contribution < -0.4 is 20.4 Å². The Labute approximate surface area is 367 Å². The van der Waals surface area contributed by atoms with Crippen LogP contribution in [0.2, 0.25) is 0 Å². The van der Waals surface area contributed by atoms with E-state index >= 15 is 0 Å². The number of anilines is 2. The van der Waals surface area contributed by atoms with E-state index < -0.39 is 0 Å². The van der Waals surface area contributed by atoms with E-state index in [1.165, 1.54) is 5.69 Å². The Bertz CT molecular complexity index is 2640. The van der Waals surface area contributed by atoms with Gasteiger partial charge < -0.3 is 15.1 Å². The van der Waals surface area contributed by atoms with Crippen LogP contribution in [0.3, 0.4) is 0 Å². The molecule has 1 atom stereocenters. The number of fused-ring (bicyclic) bond motifs is 1. The van der Waals surface area contributed by atoms with Crippen molar-refractivity contribution in [2.24, 2.45) is 5.92 Å². The zero-order valence-corrected chi connectivity index (χ0v) is 37.1. The first kappa shape index (κ1) is 41.9. The van der Waals surface area contributed by atoms with E-state index in [1.54, 1.807) is 22.0 Å². The third-order valence-corrected chi connectivity index (χ3v) is 13.1. The SMILES string of the molecule is Cc1cc(-c2nc(-c3cnn(C4CCN(CC5CCN(c6ccc(N7CCC(=O)NC7=O)cc6)CC5)CC4)c3C)cn3nccc23)ccc1[C@@H](C)NC(=O)c1cn(C(C)(C)C)nn1. The second kappa shape index (κ2) is 17.0. The summed E-state index contributed by atoms with van der Waals surface area (Å²) in [7, 11) is 0. The lowest BCUT2D eigenvalue weighted by Gasteiger charge is -2.38. The molecule has 3 fully saturated rings. The number of nitrogens with one attached hydrogen (secondary N) is 2. The van der Waals surface area contributed by atoms with Crippen LogP contribution >= 0.6 is 0 Å². The third kappa shape index (κ3) is 8.68. The van der Waals surface area contributed by atoms with E-state index in [2.05, 4.69) is 84.7 Å². The van der Waals surface area contributed by atoms with Crippen LogP contribution in [0.15, 0.2) is 73.3 Å². The quantitative estimate of drug-likeness (QED) is 0.151. The molecule has 328 valence electrons. The molecule has 0 radical (unpaired) electrons. The molecule has 3 aliphatic heterocycles. The maximum atomic E-state index is 13.1. The van der Waals surface area contributed by atoms with Gasteiger partial charge in [0.1, 0.15) is 0 Å². The van der Waals surface area contributed by atoms with Gasteiger partial charge in [0.15, 0.2) is 5.69 Å². The van der Waals surface area contributed by atoms with Gasteiger partial charge in [-0.05, 0) is 121 Å². The summed E-state index contributed by atoms with van der Waals surface area (Å²) in [5, 5.41) is 23.3. The first-order valence-corrected chi connectivity index (χ1v) is 22.2. The monoisotopic (exact) mass is 851 g/mol. The molecule has 63 heavy (non-hydrogen) atoms. The molecule has 16 nitrogen and oxygen atoms in total. The molecule has 0 saturated carbocycles. The average Bonchev–Trinajstić information content (AvgIpc) is 4.05. The van der Waals surface area contributed by atoms with Crippen molar-refractivity contribution in [1.29, 1.82) is 0 Å². The average molecular weight is 852 g/mol. The van der Waals surface area contributed by atoms with Gasteiger partial charge in [-0.3, -0.25) is 24.5 Å². The van der Waals surface area contributed by atoms with Crippen molar-refractivity contribution in [3.05, 3.63) is 95.8 Å². The van der Waals surface area contributed by atoms with E-state index in [0.717, 1.165) is 109 Å². The fraction of sp³-hybridized carbons (Fsp3) is 0.447. The van der Waals surface area contributed by atoms with Crippen molar-refractivity contribution >= 4 is 34.7 Å². The lowest BCUT2D eigenvalue weighted by Crippen LogP contribution is -2.49. The molecule has 9 rings (SSSR count). The topological polar surface area (TPSA) is 164 Å². The van der Waals surface area contributed by atoms with Crippen LogP contribution in [0.5, 0.6) is 0 Å². The van der Waals surface area contributed by atoms with E-state index in [0.29, 0.717) is 24.9 Å².